The number of ether oxygens (including phenoxy) is 3. The monoisotopic (exact) mass is 393 g/mol. The molecule has 0 bridgehead atoms. The highest BCUT2D eigenvalue weighted by Crippen LogP contribution is 2.38. The number of hydrogen-bond donors (Lipinski definition) is 1. The second kappa shape index (κ2) is 8.97. The molecule has 2 aromatic carbocycles. The molecule has 0 fully saturated rings. The molecule has 3 aromatic rings. The highest BCUT2D eigenvalue weighted by molar-refractivity contribution is 6.05. The van der Waals surface area contributed by atoms with Crippen LogP contribution in [-0.2, 0) is 0 Å². The molecule has 7 heteroatoms. The van der Waals surface area contributed by atoms with Gasteiger partial charge in [0.25, 0.3) is 5.91 Å². The number of hydrogen-bond acceptors (Lipinski definition) is 6. The third-order valence-corrected chi connectivity index (χ3v) is 4.42. The number of nitrogens with one attached hydrogen (secondary N) is 1. The number of rotatable bonds is 7. The summed E-state index contributed by atoms with van der Waals surface area (Å²) < 4.78 is 15.9. The van der Waals surface area contributed by atoms with Gasteiger partial charge in [0.05, 0.1) is 33.2 Å². The minimum atomic E-state index is -0.310. The van der Waals surface area contributed by atoms with E-state index in [0.29, 0.717) is 28.5 Å². The molecule has 1 amide bonds. The van der Waals surface area contributed by atoms with Crippen LogP contribution in [0.25, 0.3) is 0 Å². The molecule has 1 heterocycles. The van der Waals surface area contributed by atoms with E-state index in [1.807, 2.05) is 48.3 Å². The van der Waals surface area contributed by atoms with Crippen molar-refractivity contribution in [1.82, 2.24) is 4.98 Å². The SMILES string of the molecule is COc1cc(C(=O)Nc2ccc(N(C)c3ccccc3)nc2)cc(OC)c1OC. The fourth-order valence-electron chi connectivity index (χ4n) is 2.86. The van der Waals surface area contributed by atoms with Gasteiger partial charge in [-0.25, -0.2) is 4.98 Å². The minimum absolute atomic E-state index is 0.310. The standard InChI is InChI=1S/C22H23N3O4/c1-25(17-8-6-5-7-9-17)20-11-10-16(14-23-20)24-22(26)15-12-18(27-2)21(29-4)19(13-15)28-3/h5-14H,1-4H3,(H,24,26). The number of pyridine rings is 1. The summed E-state index contributed by atoms with van der Waals surface area (Å²) in [5, 5.41) is 2.83. The van der Waals surface area contributed by atoms with Crippen LogP contribution in [0.3, 0.4) is 0 Å². The molecule has 0 atom stereocenters. The van der Waals surface area contributed by atoms with Crippen LogP contribution >= 0.6 is 0 Å². The summed E-state index contributed by atoms with van der Waals surface area (Å²) in [6.07, 6.45) is 1.62. The smallest absolute Gasteiger partial charge is 0.255 e. The van der Waals surface area contributed by atoms with Crippen LogP contribution < -0.4 is 24.4 Å². The predicted octanol–water partition coefficient (Wildman–Crippen LogP) is 4.13. The van der Waals surface area contributed by atoms with Crippen molar-refractivity contribution >= 4 is 23.1 Å². The summed E-state index contributed by atoms with van der Waals surface area (Å²) in [6, 6.07) is 16.8. The van der Waals surface area contributed by atoms with E-state index in [1.165, 1.54) is 21.3 Å². The van der Waals surface area contributed by atoms with Crippen LogP contribution in [0.1, 0.15) is 10.4 Å². The van der Waals surface area contributed by atoms with E-state index in [4.69, 9.17) is 14.2 Å². The fourth-order valence-corrected chi connectivity index (χ4v) is 2.86. The largest absolute Gasteiger partial charge is 0.493 e. The quantitative estimate of drug-likeness (QED) is 0.651. The maximum Gasteiger partial charge on any atom is 0.255 e. The average Bonchev–Trinajstić information content (AvgIpc) is 2.78. The van der Waals surface area contributed by atoms with Crippen LogP contribution in [0, 0.1) is 0 Å². The molecule has 0 aliphatic rings. The third-order valence-electron chi connectivity index (χ3n) is 4.42. The lowest BCUT2D eigenvalue weighted by atomic mass is 10.1. The Morgan fingerprint density at radius 2 is 1.59 bits per heavy atom. The summed E-state index contributed by atoms with van der Waals surface area (Å²) in [5.41, 5.74) is 1.98. The highest BCUT2D eigenvalue weighted by atomic mass is 16.5. The maximum atomic E-state index is 12.7. The summed E-state index contributed by atoms with van der Waals surface area (Å²) in [5.74, 6) is 1.71. The Balaban J connectivity index is 1.77. The van der Waals surface area contributed by atoms with Gasteiger partial charge in [-0.1, -0.05) is 18.2 Å². The Morgan fingerprint density at radius 3 is 2.10 bits per heavy atom. The molecule has 3 rings (SSSR count). The van der Waals surface area contributed by atoms with Crippen LogP contribution in [0.2, 0.25) is 0 Å². The molecule has 7 nitrogen and oxygen atoms in total. The number of carbonyl (C=O) groups excluding carboxylic acids is 1. The number of amides is 1. The number of methoxy groups -OCH3 is 3. The molecule has 0 saturated carbocycles. The molecule has 0 aliphatic carbocycles. The molecule has 1 aromatic heterocycles. The molecular weight excluding hydrogens is 370 g/mol. The van der Waals surface area contributed by atoms with Gasteiger partial charge in [0, 0.05) is 18.3 Å². The van der Waals surface area contributed by atoms with Crippen LogP contribution in [0.4, 0.5) is 17.2 Å². The summed E-state index contributed by atoms with van der Waals surface area (Å²) in [4.78, 5) is 19.1. The van der Waals surface area contributed by atoms with Crippen LogP contribution in [-0.4, -0.2) is 39.3 Å². The van der Waals surface area contributed by atoms with Crippen molar-refractivity contribution in [3.05, 3.63) is 66.4 Å². The Hall–Kier alpha value is -3.74. The van der Waals surface area contributed by atoms with Crippen molar-refractivity contribution in [3.63, 3.8) is 0 Å². The first-order valence-electron chi connectivity index (χ1n) is 8.93. The zero-order valence-corrected chi connectivity index (χ0v) is 16.8. The maximum absolute atomic E-state index is 12.7. The first-order chi connectivity index (χ1) is 14.1. The molecule has 0 unspecified atom stereocenters. The van der Waals surface area contributed by atoms with Gasteiger partial charge in [0.2, 0.25) is 5.75 Å². The van der Waals surface area contributed by atoms with Gasteiger partial charge in [0.15, 0.2) is 11.5 Å². The topological polar surface area (TPSA) is 72.9 Å². The lowest BCUT2D eigenvalue weighted by molar-refractivity contribution is 0.102. The fraction of sp³-hybridized carbons (Fsp3) is 0.182. The van der Waals surface area contributed by atoms with Gasteiger partial charge in [-0.05, 0) is 36.4 Å². The van der Waals surface area contributed by atoms with Crippen molar-refractivity contribution in [2.75, 3.05) is 38.6 Å². The Labute approximate surface area is 169 Å². The van der Waals surface area contributed by atoms with Crippen molar-refractivity contribution in [1.29, 1.82) is 0 Å². The number of anilines is 3. The van der Waals surface area contributed by atoms with Gasteiger partial charge in [-0.3, -0.25) is 4.79 Å². The van der Waals surface area contributed by atoms with E-state index in [1.54, 1.807) is 24.4 Å². The predicted molar refractivity (Wildman–Crippen MR) is 113 cm³/mol. The summed E-state index contributed by atoms with van der Waals surface area (Å²) >= 11 is 0. The van der Waals surface area contributed by atoms with Gasteiger partial charge in [-0.15, -0.1) is 0 Å². The molecule has 0 aliphatic heterocycles. The van der Waals surface area contributed by atoms with Crippen molar-refractivity contribution in [3.8, 4) is 17.2 Å². The first kappa shape index (κ1) is 20.0. The lowest BCUT2D eigenvalue weighted by Crippen LogP contribution is -2.14. The molecule has 0 radical (unpaired) electrons. The zero-order chi connectivity index (χ0) is 20.8. The first-order valence-corrected chi connectivity index (χ1v) is 8.93. The Kier molecular flexibility index (Phi) is 6.19. The van der Waals surface area contributed by atoms with E-state index < -0.39 is 0 Å². The van der Waals surface area contributed by atoms with Crippen LogP contribution in [0.15, 0.2) is 60.8 Å². The number of carbonyl (C=O) groups is 1. The molecule has 0 saturated heterocycles. The number of benzene rings is 2. The van der Waals surface area contributed by atoms with E-state index >= 15 is 0 Å². The van der Waals surface area contributed by atoms with Crippen molar-refractivity contribution in [2.45, 2.75) is 0 Å². The Morgan fingerprint density at radius 1 is 0.931 bits per heavy atom. The number of nitrogens with zero attached hydrogens (tertiary/aromatic N) is 2. The summed E-state index contributed by atoms with van der Waals surface area (Å²) in [6.45, 7) is 0. The van der Waals surface area contributed by atoms with Crippen LogP contribution in [0.5, 0.6) is 17.2 Å². The normalized spacial score (nSPS) is 10.2. The van der Waals surface area contributed by atoms with Gasteiger partial charge in [-0.2, -0.15) is 0 Å². The second-order valence-corrected chi connectivity index (χ2v) is 6.17. The van der Waals surface area contributed by atoms with E-state index in [-0.39, 0.29) is 5.91 Å². The minimum Gasteiger partial charge on any atom is -0.493 e. The highest BCUT2D eigenvalue weighted by Gasteiger charge is 2.17. The van der Waals surface area contributed by atoms with E-state index in [0.717, 1.165) is 11.5 Å². The van der Waals surface area contributed by atoms with E-state index in [9.17, 15) is 4.79 Å². The molecule has 0 spiro atoms. The summed E-state index contributed by atoms with van der Waals surface area (Å²) in [7, 11) is 6.46. The molecular formula is C22H23N3O4. The second-order valence-electron chi connectivity index (χ2n) is 6.17. The van der Waals surface area contributed by atoms with Crippen molar-refractivity contribution in [2.24, 2.45) is 0 Å². The average molecular weight is 393 g/mol. The van der Waals surface area contributed by atoms with Crippen molar-refractivity contribution < 1.29 is 19.0 Å². The molecule has 29 heavy (non-hydrogen) atoms. The number of aromatic nitrogens is 1. The zero-order valence-electron chi connectivity index (χ0n) is 16.8. The molecule has 1 N–H and O–H groups in total. The lowest BCUT2D eigenvalue weighted by Gasteiger charge is -2.18. The van der Waals surface area contributed by atoms with E-state index in [2.05, 4.69) is 10.3 Å². The van der Waals surface area contributed by atoms with Gasteiger partial charge < -0.3 is 24.4 Å². The van der Waals surface area contributed by atoms with Gasteiger partial charge >= 0.3 is 0 Å². The third kappa shape index (κ3) is 4.40. The molecule has 150 valence electrons. The van der Waals surface area contributed by atoms with Gasteiger partial charge in [0.1, 0.15) is 5.82 Å². The number of para-hydroxylation sites is 1. The Bertz CT molecular complexity index is 950.